The van der Waals surface area contributed by atoms with E-state index in [2.05, 4.69) is 10.6 Å². The summed E-state index contributed by atoms with van der Waals surface area (Å²) in [4.78, 5) is 24.2. The van der Waals surface area contributed by atoms with Crippen molar-refractivity contribution in [2.75, 3.05) is 12.4 Å². The monoisotopic (exact) mass is 346 g/mol. The van der Waals surface area contributed by atoms with Gasteiger partial charge in [0.15, 0.2) is 12.1 Å². The smallest absolute Gasteiger partial charge is 0.408 e. The van der Waals surface area contributed by atoms with Gasteiger partial charge in [-0.2, -0.15) is 0 Å². The lowest BCUT2D eigenvalue weighted by molar-refractivity contribution is -0.119. The molecule has 2 aromatic rings. The number of nitrogens with one attached hydrogen (secondary N) is 2. The fourth-order valence-corrected chi connectivity index (χ4v) is 2.69. The molecular formula is C17H15ClN2O4. The zero-order valence-corrected chi connectivity index (χ0v) is 13.5. The SMILES string of the molecule is COc1ccc(Cl)cc1NC(=O)C1NC(=O)OC1c1ccccc1. The topological polar surface area (TPSA) is 76.7 Å². The first-order chi connectivity index (χ1) is 11.6. The van der Waals surface area contributed by atoms with Gasteiger partial charge in [0, 0.05) is 5.02 Å². The van der Waals surface area contributed by atoms with E-state index >= 15 is 0 Å². The molecule has 0 spiro atoms. The molecule has 2 amide bonds. The second-order valence-corrected chi connectivity index (χ2v) is 5.63. The Morgan fingerprint density at radius 1 is 1.25 bits per heavy atom. The molecule has 6 nitrogen and oxygen atoms in total. The van der Waals surface area contributed by atoms with Crippen LogP contribution in [0.5, 0.6) is 5.75 Å². The Kier molecular flexibility index (Phi) is 4.57. The van der Waals surface area contributed by atoms with Crippen molar-refractivity contribution in [1.29, 1.82) is 0 Å². The average Bonchev–Trinajstić information content (AvgIpc) is 2.98. The highest BCUT2D eigenvalue weighted by Crippen LogP contribution is 2.30. The summed E-state index contributed by atoms with van der Waals surface area (Å²) in [7, 11) is 1.49. The lowest BCUT2D eigenvalue weighted by atomic mass is 10.0. The van der Waals surface area contributed by atoms with E-state index in [0.717, 1.165) is 5.56 Å². The van der Waals surface area contributed by atoms with Crippen molar-refractivity contribution in [3.63, 3.8) is 0 Å². The van der Waals surface area contributed by atoms with E-state index in [9.17, 15) is 9.59 Å². The van der Waals surface area contributed by atoms with Crippen LogP contribution in [-0.4, -0.2) is 25.2 Å². The van der Waals surface area contributed by atoms with E-state index in [4.69, 9.17) is 21.1 Å². The summed E-state index contributed by atoms with van der Waals surface area (Å²) < 4.78 is 10.4. The normalized spacial score (nSPS) is 19.3. The molecule has 2 atom stereocenters. The first-order valence-electron chi connectivity index (χ1n) is 7.25. The van der Waals surface area contributed by atoms with Gasteiger partial charge < -0.3 is 20.1 Å². The summed E-state index contributed by atoms with van der Waals surface area (Å²) in [5.74, 6) is 0.0459. The van der Waals surface area contributed by atoms with Gasteiger partial charge in [0.25, 0.3) is 5.91 Å². The number of rotatable bonds is 4. The molecule has 0 aromatic heterocycles. The van der Waals surface area contributed by atoms with E-state index in [1.165, 1.54) is 7.11 Å². The summed E-state index contributed by atoms with van der Waals surface area (Å²) in [5, 5.41) is 5.70. The quantitative estimate of drug-likeness (QED) is 0.891. The van der Waals surface area contributed by atoms with E-state index in [-0.39, 0.29) is 0 Å². The Hall–Kier alpha value is -2.73. The number of amides is 2. The van der Waals surface area contributed by atoms with E-state index in [1.54, 1.807) is 30.3 Å². The predicted octanol–water partition coefficient (Wildman–Crippen LogP) is 3.14. The Balaban J connectivity index is 1.83. The van der Waals surface area contributed by atoms with Crippen LogP contribution < -0.4 is 15.4 Å². The largest absolute Gasteiger partial charge is 0.495 e. The molecule has 1 aliphatic heterocycles. The molecule has 0 bridgehead atoms. The molecule has 1 fully saturated rings. The maximum Gasteiger partial charge on any atom is 0.408 e. The highest BCUT2D eigenvalue weighted by atomic mass is 35.5. The molecule has 2 aromatic carbocycles. The number of halogens is 1. The highest BCUT2D eigenvalue weighted by Gasteiger charge is 2.40. The summed E-state index contributed by atoms with van der Waals surface area (Å²) in [6.45, 7) is 0. The molecule has 3 rings (SSSR count). The van der Waals surface area contributed by atoms with Crippen molar-refractivity contribution in [2.24, 2.45) is 0 Å². The summed E-state index contributed by atoms with van der Waals surface area (Å²) >= 11 is 5.96. The third kappa shape index (κ3) is 3.28. The zero-order valence-electron chi connectivity index (χ0n) is 12.8. The molecule has 0 saturated carbocycles. The Morgan fingerprint density at radius 3 is 2.71 bits per heavy atom. The van der Waals surface area contributed by atoms with Gasteiger partial charge >= 0.3 is 6.09 Å². The minimum atomic E-state index is -0.858. The van der Waals surface area contributed by atoms with Gasteiger partial charge in [-0.05, 0) is 23.8 Å². The highest BCUT2D eigenvalue weighted by molar-refractivity contribution is 6.31. The number of carbonyl (C=O) groups excluding carboxylic acids is 2. The van der Waals surface area contributed by atoms with Crippen LogP contribution in [0.3, 0.4) is 0 Å². The van der Waals surface area contributed by atoms with Gasteiger partial charge in [0.2, 0.25) is 0 Å². The number of hydrogen-bond donors (Lipinski definition) is 2. The van der Waals surface area contributed by atoms with Crippen molar-refractivity contribution in [1.82, 2.24) is 5.32 Å². The van der Waals surface area contributed by atoms with Gasteiger partial charge in [0.05, 0.1) is 12.8 Å². The number of methoxy groups -OCH3 is 1. The maximum atomic E-state index is 12.6. The van der Waals surface area contributed by atoms with E-state index < -0.39 is 24.1 Å². The number of hydrogen-bond acceptors (Lipinski definition) is 4. The third-order valence-electron chi connectivity index (χ3n) is 3.64. The van der Waals surface area contributed by atoms with Crippen molar-refractivity contribution >= 4 is 29.3 Å². The second kappa shape index (κ2) is 6.80. The minimum Gasteiger partial charge on any atom is -0.495 e. The molecule has 0 aliphatic carbocycles. The van der Waals surface area contributed by atoms with Crippen LogP contribution in [-0.2, 0) is 9.53 Å². The molecule has 0 radical (unpaired) electrons. The van der Waals surface area contributed by atoms with Crippen LogP contribution >= 0.6 is 11.6 Å². The molecule has 2 N–H and O–H groups in total. The summed E-state index contributed by atoms with van der Waals surface area (Å²) in [6, 6.07) is 13.1. The fraction of sp³-hybridized carbons (Fsp3) is 0.176. The minimum absolute atomic E-state index is 0.419. The first kappa shape index (κ1) is 16.1. The number of anilines is 1. The van der Waals surface area contributed by atoms with Gasteiger partial charge in [-0.15, -0.1) is 0 Å². The van der Waals surface area contributed by atoms with Crippen molar-refractivity contribution in [3.8, 4) is 5.75 Å². The van der Waals surface area contributed by atoms with Crippen molar-refractivity contribution in [3.05, 3.63) is 59.1 Å². The van der Waals surface area contributed by atoms with Gasteiger partial charge in [-0.3, -0.25) is 4.79 Å². The van der Waals surface area contributed by atoms with Crippen LogP contribution in [0.4, 0.5) is 10.5 Å². The van der Waals surface area contributed by atoms with Gasteiger partial charge in [-0.1, -0.05) is 41.9 Å². The Bertz CT molecular complexity index is 766. The Morgan fingerprint density at radius 2 is 2.00 bits per heavy atom. The number of alkyl carbamates (subject to hydrolysis) is 1. The van der Waals surface area contributed by atoms with Crippen LogP contribution in [0.15, 0.2) is 48.5 Å². The Labute approximate surface area is 143 Å². The standard InChI is InChI=1S/C17H15ClN2O4/c1-23-13-8-7-11(18)9-12(13)19-16(21)14-15(24-17(22)20-14)10-5-3-2-4-6-10/h2-9,14-15H,1H3,(H,19,21)(H,20,22). The lowest BCUT2D eigenvalue weighted by Gasteiger charge is -2.18. The van der Waals surface area contributed by atoms with Crippen LogP contribution in [0.2, 0.25) is 5.02 Å². The molecular weight excluding hydrogens is 332 g/mol. The molecule has 1 heterocycles. The van der Waals surface area contributed by atoms with E-state index in [0.29, 0.717) is 16.5 Å². The van der Waals surface area contributed by atoms with Crippen molar-refractivity contribution < 1.29 is 19.1 Å². The number of benzene rings is 2. The van der Waals surface area contributed by atoms with Gasteiger partial charge in [-0.25, -0.2) is 4.79 Å². The lowest BCUT2D eigenvalue weighted by Crippen LogP contribution is -2.40. The van der Waals surface area contributed by atoms with Gasteiger partial charge in [0.1, 0.15) is 5.75 Å². The third-order valence-corrected chi connectivity index (χ3v) is 3.88. The predicted molar refractivity (Wildman–Crippen MR) is 89.2 cm³/mol. The molecule has 2 unspecified atom stereocenters. The maximum absolute atomic E-state index is 12.6. The van der Waals surface area contributed by atoms with Crippen LogP contribution in [0.25, 0.3) is 0 Å². The summed E-state index contributed by atoms with van der Waals surface area (Å²) in [6.07, 6.45) is -1.34. The molecule has 1 saturated heterocycles. The van der Waals surface area contributed by atoms with Crippen LogP contribution in [0, 0.1) is 0 Å². The molecule has 24 heavy (non-hydrogen) atoms. The number of ether oxygens (including phenoxy) is 2. The zero-order chi connectivity index (χ0) is 17.1. The van der Waals surface area contributed by atoms with Crippen LogP contribution in [0.1, 0.15) is 11.7 Å². The fourth-order valence-electron chi connectivity index (χ4n) is 2.51. The van der Waals surface area contributed by atoms with Crippen molar-refractivity contribution in [2.45, 2.75) is 12.1 Å². The van der Waals surface area contributed by atoms with E-state index in [1.807, 2.05) is 18.2 Å². The number of cyclic esters (lactones) is 1. The number of carbonyl (C=O) groups is 2. The molecule has 7 heteroatoms. The summed E-state index contributed by atoms with van der Waals surface area (Å²) in [5.41, 5.74) is 1.15. The first-order valence-corrected chi connectivity index (χ1v) is 7.63. The average molecular weight is 347 g/mol. The second-order valence-electron chi connectivity index (χ2n) is 5.19. The molecule has 1 aliphatic rings. The molecule has 124 valence electrons.